The first-order valence-corrected chi connectivity index (χ1v) is 11.5. The van der Waals surface area contributed by atoms with Crippen LogP contribution in [0.2, 0.25) is 0 Å². The number of hydrogen-bond donors (Lipinski definition) is 1. The summed E-state index contributed by atoms with van der Waals surface area (Å²) < 4.78 is 1.72. The molecule has 0 spiro atoms. The number of benzene rings is 2. The summed E-state index contributed by atoms with van der Waals surface area (Å²) in [5.41, 5.74) is 8.88. The first-order valence-electron chi connectivity index (χ1n) is 11.5. The van der Waals surface area contributed by atoms with Gasteiger partial charge in [-0.1, -0.05) is 18.2 Å². The van der Waals surface area contributed by atoms with E-state index < -0.39 is 0 Å². The zero-order valence-corrected chi connectivity index (χ0v) is 20.0. The third kappa shape index (κ3) is 4.17. The second-order valence-corrected chi connectivity index (χ2v) is 8.81. The highest BCUT2D eigenvalue weighted by molar-refractivity contribution is 5.92. The Hall–Kier alpha value is -4.00. The Morgan fingerprint density at radius 1 is 0.971 bits per heavy atom. The molecule has 0 saturated heterocycles. The molecule has 7 nitrogen and oxygen atoms in total. The minimum Gasteiger partial charge on any atom is -0.341 e. The second-order valence-electron chi connectivity index (χ2n) is 8.81. The van der Waals surface area contributed by atoms with Crippen LogP contribution in [0.4, 0.5) is 17.1 Å². The standard InChI is InChI=1S/C27H28N6O/c1-17-15-18(2)29-27(28-17)33-20(4)24(19(3)31-33)16-26(34)30-22-9-11-23(12-10-22)32-14-13-21-7-5-6-8-25(21)32/h5-12,15H,13-14,16H2,1-4H3,(H,30,34). The van der Waals surface area contributed by atoms with Crippen LogP contribution in [0.5, 0.6) is 0 Å². The lowest BCUT2D eigenvalue weighted by Gasteiger charge is -2.20. The van der Waals surface area contributed by atoms with Gasteiger partial charge in [-0.25, -0.2) is 14.6 Å². The first kappa shape index (κ1) is 21.8. The highest BCUT2D eigenvalue weighted by Crippen LogP contribution is 2.34. The molecule has 1 aliphatic rings. The maximum atomic E-state index is 12.9. The third-order valence-corrected chi connectivity index (χ3v) is 6.29. The monoisotopic (exact) mass is 452 g/mol. The Labute approximate surface area is 199 Å². The van der Waals surface area contributed by atoms with Crippen LogP contribution in [-0.4, -0.2) is 32.2 Å². The fourth-order valence-electron chi connectivity index (χ4n) is 4.62. The molecule has 2 aromatic carbocycles. The number of para-hydroxylation sites is 1. The van der Waals surface area contributed by atoms with Gasteiger partial charge in [0.2, 0.25) is 5.91 Å². The van der Waals surface area contributed by atoms with Crippen molar-refractivity contribution in [2.45, 2.75) is 40.5 Å². The van der Waals surface area contributed by atoms with E-state index in [1.165, 1.54) is 11.3 Å². The SMILES string of the molecule is Cc1cc(C)nc(-n2nc(C)c(CC(=O)Nc3ccc(N4CCc5ccccc54)cc3)c2C)n1. The van der Waals surface area contributed by atoms with Gasteiger partial charge in [-0.2, -0.15) is 5.10 Å². The highest BCUT2D eigenvalue weighted by atomic mass is 16.1. The van der Waals surface area contributed by atoms with Gasteiger partial charge < -0.3 is 10.2 Å². The second kappa shape index (κ2) is 8.74. The van der Waals surface area contributed by atoms with Crippen molar-refractivity contribution in [1.29, 1.82) is 0 Å². The maximum absolute atomic E-state index is 12.9. The summed E-state index contributed by atoms with van der Waals surface area (Å²) in [5.74, 6) is 0.454. The minimum absolute atomic E-state index is 0.0774. The minimum atomic E-state index is -0.0774. The number of rotatable bonds is 5. The molecule has 0 bridgehead atoms. The van der Waals surface area contributed by atoms with E-state index in [0.29, 0.717) is 5.95 Å². The number of amides is 1. The van der Waals surface area contributed by atoms with Crippen LogP contribution in [0, 0.1) is 27.7 Å². The van der Waals surface area contributed by atoms with Crippen molar-refractivity contribution in [3.63, 3.8) is 0 Å². The number of aromatic nitrogens is 4. The Balaban J connectivity index is 1.29. The van der Waals surface area contributed by atoms with E-state index in [9.17, 15) is 4.79 Å². The van der Waals surface area contributed by atoms with Crippen LogP contribution in [0.1, 0.15) is 33.9 Å². The summed E-state index contributed by atoms with van der Waals surface area (Å²) in [6, 6.07) is 18.5. The van der Waals surface area contributed by atoms with Gasteiger partial charge in [-0.3, -0.25) is 4.79 Å². The number of nitrogens with zero attached hydrogens (tertiary/aromatic N) is 5. The highest BCUT2D eigenvalue weighted by Gasteiger charge is 2.20. The van der Waals surface area contributed by atoms with E-state index in [4.69, 9.17) is 0 Å². The predicted molar refractivity (Wildman–Crippen MR) is 134 cm³/mol. The zero-order valence-electron chi connectivity index (χ0n) is 20.0. The molecule has 0 unspecified atom stereocenters. The molecule has 0 aliphatic carbocycles. The Kier molecular flexibility index (Phi) is 5.61. The Morgan fingerprint density at radius 3 is 2.41 bits per heavy atom. The van der Waals surface area contributed by atoms with Crippen LogP contribution in [0.25, 0.3) is 5.95 Å². The first-order chi connectivity index (χ1) is 16.4. The smallest absolute Gasteiger partial charge is 0.251 e. The number of nitrogens with one attached hydrogen (secondary N) is 1. The quantitative estimate of drug-likeness (QED) is 0.472. The molecule has 5 rings (SSSR count). The lowest BCUT2D eigenvalue weighted by Crippen LogP contribution is -2.16. The van der Waals surface area contributed by atoms with Gasteiger partial charge in [0.15, 0.2) is 0 Å². The van der Waals surface area contributed by atoms with E-state index in [-0.39, 0.29) is 12.3 Å². The summed E-state index contributed by atoms with van der Waals surface area (Å²) >= 11 is 0. The number of anilines is 3. The summed E-state index contributed by atoms with van der Waals surface area (Å²) in [7, 11) is 0. The summed E-state index contributed by atoms with van der Waals surface area (Å²) in [5, 5.41) is 7.63. The average Bonchev–Trinajstić information content (AvgIpc) is 3.35. The number of fused-ring (bicyclic) bond motifs is 1. The van der Waals surface area contributed by atoms with Crippen molar-refractivity contribution in [1.82, 2.24) is 19.7 Å². The van der Waals surface area contributed by atoms with Crippen LogP contribution < -0.4 is 10.2 Å². The lowest BCUT2D eigenvalue weighted by molar-refractivity contribution is -0.115. The lowest BCUT2D eigenvalue weighted by atomic mass is 10.1. The van der Waals surface area contributed by atoms with E-state index in [2.05, 4.69) is 61.7 Å². The molecule has 3 heterocycles. The molecule has 34 heavy (non-hydrogen) atoms. The van der Waals surface area contributed by atoms with E-state index in [1.807, 2.05) is 45.9 Å². The molecule has 0 radical (unpaired) electrons. The van der Waals surface area contributed by atoms with Crippen LogP contribution >= 0.6 is 0 Å². The number of hydrogen-bond acceptors (Lipinski definition) is 5. The molecule has 0 fully saturated rings. The van der Waals surface area contributed by atoms with Gasteiger partial charge in [0, 0.05) is 46.3 Å². The van der Waals surface area contributed by atoms with Gasteiger partial charge in [-0.15, -0.1) is 0 Å². The fourth-order valence-corrected chi connectivity index (χ4v) is 4.62. The molecule has 1 aliphatic heterocycles. The summed E-state index contributed by atoms with van der Waals surface area (Å²) in [4.78, 5) is 24.2. The molecule has 4 aromatic rings. The fraction of sp³-hybridized carbons (Fsp3) is 0.259. The Morgan fingerprint density at radius 2 is 1.68 bits per heavy atom. The van der Waals surface area contributed by atoms with Gasteiger partial charge in [0.05, 0.1) is 12.1 Å². The third-order valence-electron chi connectivity index (χ3n) is 6.29. The topological polar surface area (TPSA) is 75.9 Å². The van der Waals surface area contributed by atoms with Crippen molar-refractivity contribution in [2.75, 3.05) is 16.8 Å². The largest absolute Gasteiger partial charge is 0.341 e. The average molecular weight is 453 g/mol. The number of carbonyl (C=O) groups is 1. The molecule has 1 amide bonds. The van der Waals surface area contributed by atoms with E-state index in [0.717, 1.165) is 52.7 Å². The van der Waals surface area contributed by atoms with Crippen molar-refractivity contribution < 1.29 is 4.79 Å². The molecule has 7 heteroatoms. The van der Waals surface area contributed by atoms with E-state index in [1.54, 1.807) is 4.68 Å². The normalized spacial score (nSPS) is 12.6. The molecule has 0 saturated carbocycles. The molecule has 2 aromatic heterocycles. The van der Waals surface area contributed by atoms with Gasteiger partial charge in [-0.05, 0) is 76.1 Å². The molecular formula is C27H28N6O. The molecular weight excluding hydrogens is 424 g/mol. The number of aryl methyl sites for hydroxylation is 3. The van der Waals surface area contributed by atoms with Crippen molar-refractivity contribution in [2.24, 2.45) is 0 Å². The van der Waals surface area contributed by atoms with Crippen molar-refractivity contribution in [3.05, 3.63) is 88.5 Å². The Bertz CT molecular complexity index is 1350. The van der Waals surface area contributed by atoms with Gasteiger partial charge in [0.1, 0.15) is 0 Å². The van der Waals surface area contributed by atoms with E-state index >= 15 is 0 Å². The maximum Gasteiger partial charge on any atom is 0.251 e. The van der Waals surface area contributed by atoms with Crippen LogP contribution in [0.15, 0.2) is 54.6 Å². The summed E-state index contributed by atoms with van der Waals surface area (Å²) in [6.45, 7) is 8.71. The van der Waals surface area contributed by atoms with Crippen LogP contribution in [0.3, 0.4) is 0 Å². The summed E-state index contributed by atoms with van der Waals surface area (Å²) in [6.07, 6.45) is 1.29. The van der Waals surface area contributed by atoms with Crippen LogP contribution in [-0.2, 0) is 17.6 Å². The zero-order chi connectivity index (χ0) is 23.8. The van der Waals surface area contributed by atoms with Crippen molar-refractivity contribution >= 4 is 23.0 Å². The molecule has 0 atom stereocenters. The molecule has 172 valence electrons. The van der Waals surface area contributed by atoms with Crippen molar-refractivity contribution in [3.8, 4) is 5.95 Å². The molecule has 1 N–H and O–H groups in total. The van der Waals surface area contributed by atoms with Gasteiger partial charge in [0.25, 0.3) is 5.95 Å². The predicted octanol–water partition coefficient (Wildman–Crippen LogP) is 4.77. The number of carbonyl (C=O) groups excluding carboxylic acids is 1. The van der Waals surface area contributed by atoms with Gasteiger partial charge >= 0.3 is 0 Å².